The third-order valence-electron chi connectivity index (χ3n) is 10.4. The van der Waals surface area contributed by atoms with E-state index in [0.29, 0.717) is 31.8 Å². The largest absolute Gasteiger partial charge is 0.463 e. The maximum atomic E-state index is 16.6. The molecule has 0 amide bonds. The van der Waals surface area contributed by atoms with Crippen molar-refractivity contribution in [1.82, 2.24) is 0 Å². The van der Waals surface area contributed by atoms with Crippen LogP contribution in [0.25, 0.3) is 38.7 Å². The van der Waals surface area contributed by atoms with E-state index in [2.05, 4.69) is 25.1 Å². The van der Waals surface area contributed by atoms with Crippen LogP contribution >= 0.6 is 14.3 Å². The molecule has 0 aliphatic heterocycles. The fourth-order valence-corrected chi connectivity index (χ4v) is 13.6. The summed E-state index contributed by atoms with van der Waals surface area (Å²) < 4.78 is 38.4. The van der Waals surface area contributed by atoms with Gasteiger partial charge in [0.1, 0.15) is 0 Å². The number of aryl methyl sites for hydroxylation is 1. The zero-order valence-corrected chi connectivity index (χ0v) is 33.0. The summed E-state index contributed by atoms with van der Waals surface area (Å²) in [6.07, 6.45) is 3.21. The highest BCUT2D eigenvalue weighted by Gasteiger charge is 2.38. The molecule has 0 N–H and O–H groups in total. The number of hydrogen-bond acceptors (Lipinski definition) is 4. The normalized spacial score (nSPS) is 12.0. The highest BCUT2D eigenvalue weighted by Crippen LogP contribution is 2.52. The second kappa shape index (κ2) is 15.6. The third-order valence-corrected chi connectivity index (χ3v) is 16.6. The average molecular weight is 767 g/mol. The molecule has 8 rings (SSSR count). The summed E-state index contributed by atoms with van der Waals surface area (Å²) in [6, 6.07) is 59.0. The van der Waals surface area contributed by atoms with Gasteiger partial charge in [0, 0.05) is 49.0 Å². The van der Waals surface area contributed by atoms with Crippen molar-refractivity contribution in [3.05, 3.63) is 199 Å². The number of esters is 1. The van der Waals surface area contributed by atoms with E-state index in [-0.39, 0.29) is 6.61 Å². The number of rotatable bonds is 10. The Bertz CT molecular complexity index is 2750. The van der Waals surface area contributed by atoms with Crippen molar-refractivity contribution in [3.63, 3.8) is 0 Å². The lowest BCUT2D eigenvalue weighted by atomic mass is 9.91. The Hall–Kier alpha value is -6.05. The second-order valence-electron chi connectivity index (χ2n) is 13.7. The molecule has 0 radical (unpaired) electrons. The Labute approximate surface area is 327 Å². The zero-order valence-electron chi connectivity index (χ0n) is 31.2. The van der Waals surface area contributed by atoms with Gasteiger partial charge in [-0.2, -0.15) is 0 Å². The van der Waals surface area contributed by atoms with Crippen LogP contribution in [-0.4, -0.2) is 12.6 Å². The molecule has 0 saturated heterocycles. The molecule has 8 aromatic rings. The lowest BCUT2D eigenvalue weighted by Crippen LogP contribution is -2.30. The van der Waals surface area contributed by atoms with Crippen molar-refractivity contribution in [3.8, 4) is 11.1 Å². The SMILES string of the molecule is CCOC(=O)C=Cc1cccc2c(-c3c(P(=O)(c4ccccc4)c4ccccc4)ccc4c(C)cccc34)c(P(=O)(c3ccccc3)c3ccccc3)ccc12. The Balaban J connectivity index is 1.60. The van der Waals surface area contributed by atoms with Crippen molar-refractivity contribution >= 4 is 79.7 Å². The Morgan fingerprint density at radius 3 is 1.34 bits per heavy atom. The number of fused-ring (bicyclic) bond motifs is 2. The molecule has 0 aliphatic rings. The Morgan fingerprint density at radius 1 is 0.482 bits per heavy atom. The lowest BCUT2D eigenvalue weighted by molar-refractivity contribution is -0.137. The summed E-state index contributed by atoms with van der Waals surface area (Å²) in [5, 5.41) is 7.67. The molecule has 0 heterocycles. The van der Waals surface area contributed by atoms with Gasteiger partial charge in [-0.25, -0.2) is 4.79 Å². The van der Waals surface area contributed by atoms with Crippen LogP contribution in [0.1, 0.15) is 18.1 Å². The average Bonchev–Trinajstić information content (AvgIpc) is 3.26. The molecule has 8 aromatic carbocycles. The molecule has 0 aromatic heterocycles. The van der Waals surface area contributed by atoms with Gasteiger partial charge in [0.2, 0.25) is 0 Å². The summed E-state index contributed by atoms with van der Waals surface area (Å²) in [4.78, 5) is 12.6. The van der Waals surface area contributed by atoms with Gasteiger partial charge in [0.25, 0.3) is 0 Å². The van der Waals surface area contributed by atoms with E-state index in [9.17, 15) is 4.79 Å². The van der Waals surface area contributed by atoms with Crippen molar-refractivity contribution < 1.29 is 18.7 Å². The quantitative estimate of drug-likeness (QED) is 0.0791. The third kappa shape index (κ3) is 6.46. The van der Waals surface area contributed by atoms with Crippen LogP contribution in [0.5, 0.6) is 0 Å². The molecule has 56 heavy (non-hydrogen) atoms. The van der Waals surface area contributed by atoms with E-state index in [4.69, 9.17) is 4.74 Å². The highest BCUT2D eigenvalue weighted by molar-refractivity contribution is 7.86. The van der Waals surface area contributed by atoms with Crippen LogP contribution in [0, 0.1) is 6.92 Å². The van der Waals surface area contributed by atoms with Gasteiger partial charge in [-0.15, -0.1) is 0 Å². The summed E-state index contributed by atoms with van der Waals surface area (Å²) in [5.41, 5.74) is 3.37. The van der Waals surface area contributed by atoms with Gasteiger partial charge in [0.15, 0.2) is 14.3 Å². The van der Waals surface area contributed by atoms with Crippen LogP contribution in [0.15, 0.2) is 188 Å². The topological polar surface area (TPSA) is 60.4 Å². The van der Waals surface area contributed by atoms with Crippen LogP contribution in [0.4, 0.5) is 0 Å². The van der Waals surface area contributed by atoms with E-state index in [1.165, 1.54) is 6.08 Å². The monoisotopic (exact) mass is 766 g/mol. The van der Waals surface area contributed by atoms with Crippen molar-refractivity contribution in [2.45, 2.75) is 13.8 Å². The van der Waals surface area contributed by atoms with E-state index < -0.39 is 20.3 Å². The fraction of sp³-hybridized carbons (Fsp3) is 0.0600. The number of carbonyl (C=O) groups is 1. The molecule has 274 valence electrons. The van der Waals surface area contributed by atoms with Gasteiger partial charge in [-0.3, -0.25) is 0 Å². The van der Waals surface area contributed by atoms with Gasteiger partial charge < -0.3 is 13.9 Å². The molecule has 6 heteroatoms. The molecule has 4 nitrogen and oxygen atoms in total. The van der Waals surface area contributed by atoms with Crippen molar-refractivity contribution in [2.24, 2.45) is 0 Å². The molecule has 0 saturated carbocycles. The highest BCUT2D eigenvalue weighted by atomic mass is 31.2. The molecular formula is C50H40O4P2. The van der Waals surface area contributed by atoms with Gasteiger partial charge >= 0.3 is 5.97 Å². The molecule has 0 atom stereocenters. The first-order valence-corrected chi connectivity index (χ1v) is 22.1. The minimum Gasteiger partial charge on any atom is -0.463 e. The summed E-state index contributed by atoms with van der Waals surface area (Å²) >= 11 is 0. The number of carbonyl (C=O) groups excluding carboxylic acids is 1. The van der Waals surface area contributed by atoms with Gasteiger partial charge in [0.05, 0.1) is 6.61 Å². The van der Waals surface area contributed by atoms with Crippen molar-refractivity contribution in [2.75, 3.05) is 6.61 Å². The molecular weight excluding hydrogens is 726 g/mol. The van der Waals surface area contributed by atoms with Crippen LogP contribution < -0.4 is 31.8 Å². The van der Waals surface area contributed by atoms with Crippen LogP contribution in [0.2, 0.25) is 0 Å². The minimum absolute atomic E-state index is 0.270. The van der Waals surface area contributed by atoms with Crippen LogP contribution in [0.3, 0.4) is 0 Å². The molecule has 0 spiro atoms. The van der Waals surface area contributed by atoms with E-state index in [0.717, 1.165) is 43.8 Å². The summed E-state index contributed by atoms with van der Waals surface area (Å²) in [7, 11) is -7.23. The first-order valence-electron chi connectivity index (χ1n) is 18.7. The number of benzene rings is 8. The van der Waals surface area contributed by atoms with Crippen molar-refractivity contribution in [1.29, 1.82) is 0 Å². The first kappa shape index (κ1) is 36.9. The predicted molar refractivity (Wildman–Crippen MR) is 236 cm³/mol. The molecule has 0 unspecified atom stereocenters. The number of ether oxygens (including phenoxy) is 1. The summed E-state index contributed by atoms with van der Waals surface area (Å²) in [6.45, 7) is 4.13. The Kier molecular flexibility index (Phi) is 10.3. The number of hydrogen-bond donors (Lipinski definition) is 0. The second-order valence-corrected chi connectivity index (χ2v) is 19.1. The standard InChI is InChI=1S/C50H40O4P2/c1-3-54-48(51)35-30-37-19-17-29-45-43(37)32-34-47(56(53,40-24-12-6-13-25-40)41-26-14-7-15-27-41)50(45)49-44-28-16-18-36(2)42(44)31-33-46(49)55(52,38-20-8-4-9-21-38)39-22-10-5-11-23-39/h4-35H,3H2,1-2H3. The minimum atomic E-state index is -3.63. The molecule has 0 fully saturated rings. The van der Waals surface area contributed by atoms with Gasteiger partial charge in [-0.1, -0.05) is 170 Å². The Morgan fingerprint density at radius 2 is 0.893 bits per heavy atom. The summed E-state index contributed by atoms with van der Waals surface area (Å²) in [5.74, 6) is -0.433. The maximum Gasteiger partial charge on any atom is 0.330 e. The van der Waals surface area contributed by atoms with E-state index >= 15 is 9.13 Å². The zero-order chi connectivity index (χ0) is 38.7. The lowest BCUT2D eigenvalue weighted by Gasteiger charge is -2.29. The van der Waals surface area contributed by atoms with E-state index in [1.807, 2.05) is 164 Å². The smallest absolute Gasteiger partial charge is 0.330 e. The van der Waals surface area contributed by atoms with Crippen LogP contribution in [-0.2, 0) is 18.7 Å². The molecule has 0 aliphatic carbocycles. The van der Waals surface area contributed by atoms with Gasteiger partial charge in [-0.05, 0) is 64.7 Å². The predicted octanol–water partition coefficient (Wildman–Crippen LogP) is 9.82. The maximum absolute atomic E-state index is 16.6. The van der Waals surface area contributed by atoms with E-state index in [1.54, 1.807) is 13.0 Å². The first-order chi connectivity index (χ1) is 27.4. The molecule has 0 bridgehead atoms. The fourth-order valence-electron chi connectivity index (χ4n) is 7.82.